The van der Waals surface area contributed by atoms with Gasteiger partial charge in [-0.3, -0.25) is 9.36 Å². The second-order valence-corrected chi connectivity index (χ2v) is 11.5. The lowest BCUT2D eigenvalue weighted by atomic mass is 9.96. The normalized spacial score (nSPS) is 14.7. The van der Waals surface area contributed by atoms with Crippen LogP contribution in [0.4, 0.5) is 0 Å². The van der Waals surface area contributed by atoms with Crippen LogP contribution < -0.4 is 19.6 Å². The number of hydrogen-bond acceptors (Lipinski definition) is 7. The lowest BCUT2D eigenvalue weighted by Crippen LogP contribution is -2.39. The molecule has 222 valence electrons. The molecule has 1 atom stereocenters. The first kappa shape index (κ1) is 29.3. The summed E-state index contributed by atoms with van der Waals surface area (Å²) >= 11 is 7.45. The van der Waals surface area contributed by atoms with E-state index < -0.39 is 12.0 Å². The molecular weight excluding hydrogens is 596 g/mol. The summed E-state index contributed by atoms with van der Waals surface area (Å²) in [5.41, 5.74) is 4.51. The first-order valence-electron chi connectivity index (χ1n) is 14.2. The molecule has 6 rings (SSSR count). The van der Waals surface area contributed by atoms with Gasteiger partial charge in [0.15, 0.2) is 4.80 Å². The minimum absolute atomic E-state index is 0.201. The van der Waals surface area contributed by atoms with Crippen molar-refractivity contribution in [2.75, 3.05) is 13.2 Å². The molecule has 0 amide bonds. The molecule has 5 aromatic rings. The van der Waals surface area contributed by atoms with E-state index in [0.717, 1.165) is 28.1 Å². The van der Waals surface area contributed by atoms with Crippen LogP contribution in [0.15, 0.2) is 106 Å². The van der Waals surface area contributed by atoms with Gasteiger partial charge in [-0.25, -0.2) is 14.5 Å². The standard InChI is InChI=1S/C34H29ClN4O4S/c1-4-42-27-17-13-22(14-18-27)30-24(20-38(37-30)26-9-7-6-8-10-26)19-28-32(40)39-31(23-11-15-25(35)16-12-23)29(33(41)43-5-2)21(3)36-34(39)44-28/h6-20,31H,4-5H2,1-3H3/b28-19+/t31-/m0/s1. The summed E-state index contributed by atoms with van der Waals surface area (Å²) in [5.74, 6) is 0.258. The molecule has 10 heteroatoms. The van der Waals surface area contributed by atoms with Gasteiger partial charge in [0.2, 0.25) is 0 Å². The van der Waals surface area contributed by atoms with Gasteiger partial charge in [0.1, 0.15) is 11.4 Å². The molecule has 3 heterocycles. The average Bonchev–Trinajstić information content (AvgIpc) is 3.58. The molecular formula is C34H29ClN4O4S. The summed E-state index contributed by atoms with van der Waals surface area (Å²) in [7, 11) is 0. The molecule has 0 unspecified atom stereocenters. The number of thiazole rings is 1. The van der Waals surface area contributed by atoms with Crippen LogP contribution in [0, 0.1) is 0 Å². The van der Waals surface area contributed by atoms with E-state index in [4.69, 9.17) is 26.2 Å². The van der Waals surface area contributed by atoms with Crippen molar-refractivity contribution < 1.29 is 14.3 Å². The minimum Gasteiger partial charge on any atom is -0.494 e. The fraction of sp³-hybridized carbons (Fsp3) is 0.176. The molecule has 0 N–H and O–H groups in total. The molecule has 2 aromatic heterocycles. The molecule has 0 saturated carbocycles. The molecule has 8 nitrogen and oxygen atoms in total. The van der Waals surface area contributed by atoms with Gasteiger partial charge in [-0.2, -0.15) is 5.10 Å². The zero-order valence-electron chi connectivity index (χ0n) is 24.4. The number of halogens is 1. The highest BCUT2D eigenvalue weighted by molar-refractivity contribution is 7.07. The number of ether oxygens (including phenoxy) is 2. The Morgan fingerprint density at radius 1 is 1.00 bits per heavy atom. The van der Waals surface area contributed by atoms with Gasteiger partial charge in [-0.05, 0) is 80.9 Å². The van der Waals surface area contributed by atoms with Crippen molar-refractivity contribution in [3.05, 3.63) is 132 Å². The number of rotatable bonds is 8. The SMILES string of the molecule is CCOC(=O)C1=C(C)N=c2s/c(=C/c3cn(-c4ccccc4)nc3-c3ccc(OCC)cc3)c(=O)n2[C@H]1c1ccc(Cl)cc1. The van der Waals surface area contributed by atoms with E-state index in [1.54, 1.807) is 35.2 Å². The summed E-state index contributed by atoms with van der Waals surface area (Å²) in [6.07, 6.45) is 3.75. The third kappa shape index (κ3) is 5.64. The Kier molecular flexibility index (Phi) is 8.32. The van der Waals surface area contributed by atoms with Gasteiger partial charge in [-0.15, -0.1) is 0 Å². The van der Waals surface area contributed by atoms with Crippen molar-refractivity contribution in [1.82, 2.24) is 14.3 Å². The number of nitrogens with zero attached hydrogens (tertiary/aromatic N) is 4. The highest BCUT2D eigenvalue weighted by atomic mass is 35.5. The molecule has 0 fully saturated rings. The number of allylic oxidation sites excluding steroid dienone is 1. The van der Waals surface area contributed by atoms with E-state index in [0.29, 0.717) is 37.9 Å². The summed E-state index contributed by atoms with van der Waals surface area (Å²) < 4.78 is 14.9. The zero-order valence-corrected chi connectivity index (χ0v) is 25.9. The van der Waals surface area contributed by atoms with Gasteiger partial charge in [0.25, 0.3) is 5.56 Å². The monoisotopic (exact) mass is 624 g/mol. The molecule has 0 radical (unpaired) electrons. The van der Waals surface area contributed by atoms with Gasteiger partial charge >= 0.3 is 5.97 Å². The molecule has 3 aromatic carbocycles. The summed E-state index contributed by atoms with van der Waals surface area (Å²) in [4.78, 5) is 32.5. The van der Waals surface area contributed by atoms with E-state index in [2.05, 4.69) is 4.99 Å². The summed E-state index contributed by atoms with van der Waals surface area (Å²) in [5, 5.41) is 5.46. The highest BCUT2D eigenvalue weighted by Gasteiger charge is 2.33. The Morgan fingerprint density at radius 3 is 2.41 bits per heavy atom. The second kappa shape index (κ2) is 12.5. The van der Waals surface area contributed by atoms with Crippen molar-refractivity contribution in [3.8, 4) is 22.7 Å². The molecule has 1 aliphatic rings. The average molecular weight is 625 g/mol. The predicted octanol–water partition coefficient (Wildman–Crippen LogP) is 5.70. The van der Waals surface area contributed by atoms with E-state index in [1.165, 1.54) is 11.3 Å². The van der Waals surface area contributed by atoms with Crippen LogP contribution in [0.5, 0.6) is 5.75 Å². The Labute approximate surface area is 262 Å². The topological polar surface area (TPSA) is 87.7 Å². The lowest BCUT2D eigenvalue weighted by Gasteiger charge is -2.24. The number of hydrogen-bond donors (Lipinski definition) is 0. The Balaban J connectivity index is 1.53. The maximum Gasteiger partial charge on any atom is 0.338 e. The fourth-order valence-electron chi connectivity index (χ4n) is 5.20. The predicted molar refractivity (Wildman–Crippen MR) is 172 cm³/mol. The smallest absolute Gasteiger partial charge is 0.338 e. The lowest BCUT2D eigenvalue weighted by molar-refractivity contribution is -0.139. The van der Waals surface area contributed by atoms with Crippen LogP contribution >= 0.6 is 22.9 Å². The van der Waals surface area contributed by atoms with Gasteiger partial charge in [0, 0.05) is 22.3 Å². The maximum atomic E-state index is 14.2. The van der Waals surface area contributed by atoms with Crippen LogP contribution in [0.25, 0.3) is 23.0 Å². The van der Waals surface area contributed by atoms with Crippen molar-refractivity contribution in [2.45, 2.75) is 26.8 Å². The number of carbonyl (C=O) groups excluding carboxylic acids is 1. The number of aromatic nitrogens is 3. The summed E-state index contributed by atoms with van der Waals surface area (Å²) in [6, 6.07) is 23.9. The molecule has 44 heavy (non-hydrogen) atoms. The zero-order chi connectivity index (χ0) is 30.8. The molecule has 0 spiro atoms. The van der Waals surface area contributed by atoms with Gasteiger partial charge in [-0.1, -0.05) is 53.3 Å². The first-order valence-corrected chi connectivity index (χ1v) is 15.4. The maximum absolute atomic E-state index is 14.2. The van der Waals surface area contributed by atoms with Crippen molar-refractivity contribution in [3.63, 3.8) is 0 Å². The first-order chi connectivity index (χ1) is 21.4. The largest absolute Gasteiger partial charge is 0.494 e. The van der Waals surface area contributed by atoms with Crippen molar-refractivity contribution in [1.29, 1.82) is 0 Å². The Hall–Kier alpha value is -4.73. The molecule has 0 saturated heterocycles. The van der Waals surface area contributed by atoms with E-state index >= 15 is 0 Å². The van der Waals surface area contributed by atoms with Crippen LogP contribution in [-0.4, -0.2) is 33.5 Å². The van der Waals surface area contributed by atoms with E-state index in [-0.39, 0.29) is 12.2 Å². The van der Waals surface area contributed by atoms with E-state index in [1.807, 2.05) is 85.9 Å². The van der Waals surface area contributed by atoms with Gasteiger partial charge < -0.3 is 9.47 Å². The molecule has 0 bridgehead atoms. The van der Waals surface area contributed by atoms with Crippen LogP contribution in [0.3, 0.4) is 0 Å². The van der Waals surface area contributed by atoms with Gasteiger partial charge in [0.05, 0.1) is 40.7 Å². The van der Waals surface area contributed by atoms with Crippen molar-refractivity contribution in [2.24, 2.45) is 4.99 Å². The molecule has 1 aliphatic heterocycles. The highest BCUT2D eigenvalue weighted by Crippen LogP contribution is 2.32. The molecule has 0 aliphatic carbocycles. The third-order valence-corrected chi connectivity index (χ3v) is 8.43. The number of benzene rings is 3. The Morgan fingerprint density at radius 2 is 1.73 bits per heavy atom. The Bertz CT molecular complexity index is 2040. The van der Waals surface area contributed by atoms with Crippen molar-refractivity contribution >= 4 is 35.0 Å². The number of fused-ring (bicyclic) bond motifs is 1. The second-order valence-electron chi connectivity index (χ2n) is 10.0. The number of para-hydroxylation sites is 1. The number of esters is 1. The number of carbonyl (C=O) groups is 1. The van der Waals surface area contributed by atoms with E-state index in [9.17, 15) is 9.59 Å². The van der Waals surface area contributed by atoms with Crippen LogP contribution in [-0.2, 0) is 9.53 Å². The summed E-state index contributed by atoms with van der Waals surface area (Å²) in [6.45, 7) is 6.23. The third-order valence-electron chi connectivity index (χ3n) is 7.19. The fourth-order valence-corrected chi connectivity index (χ4v) is 6.36. The quantitative estimate of drug-likeness (QED) is 0.207. The van der Waals surface area contributed by atoms with Crippen LogP contribution in [0.1, 0.15) is 37.9 Å². The minimum atomic E-state index is -0.720. The van der Waals surface area contributed by atoms with Crippen LogP contribution in [0.2, 0.25) is 5.02 Å².